The van der Waals surface area contributed by atoms with Gasteiger partial charge in [-0.25, -0.2) is 9.97 Å². The molecule has 1 unspecified atom stereocenters. The molecule has 1 amide bonds. The van der Waals surface area contributed by atoms with Gasteiger partial charge >= 0.3 is 0 Å². The lowest BCUT2D eigenvalue weighted by molar-refractivity contribution is 0.102. The number of ether oxygens (including phenoxy) is 1. The van der Waals surface area contributed by atoms with Crippen molar-refractivity contribution in [2.24, 2.45) is 0 Å². The molecule has 0 saturated heterocycles. The maximum Gasteiger partial charge on any atom is 0.256 e. The van der Waals surface area contributed by atoms with E-state index in [0.29, 0.717) is 11.5 Å². The highest BCUT2D eigenvalue weighted by Gasteiger charge is 2.27. The van der Waals surface area contributed by atoms with Crippen molar-refractivity contribution >= 4 is 28.2 Å². The first-order valence-corrected chi connectivity index (χ1v) is 11.9. The van der Waals surface area contributed by atoms with Gasteiger partial charge in [0.05, 0.1) is 13.2 Å². The SMILES string of the molecule is COc1ccccc1C(Nc1nc(C)cc(C)n1)c1c(NC(=O)c2ccccc2)sc(C)c1C. The van der Waals surface area contributed by atoms with Crippen LogP contribution in [0.4, 0.5) is 10.9 Å². The number of aromatic nitrogens is 2. The van der Waals surface area contributed by atoms with Crippen molar-refractivity contribution in [3.8, 4) is 5.75 Å². The molecule has 2 N–H and O–H groups in total. The molecular weight excluding hydrogens is 444 g/mol. The predicted octanol–water partition coefficient (Wildman–Crippen LogP) is 6.23. The zero-order chi connectivity index (χ0) is 24.2. The minimum absolute atomic E-state index is 0.149. The maximum atomic E-state index is 13.0. The van der Waals surface area contributed by atoms with E-state index in [0.717, 1.165) is 43.7 Å². The largest absolute Gasteiger partial charge is 0.496 e. The first-order chi connectivity index (χ1) is 16.4. The highest BCUT2D eigenvalue weighted by Crippen LogP contribution is 2.43. The van der Waals surface area contributed by atoms with Gasteiger partial charge in [0.15, 0.2) is 0 Å². The van der Waals surface area contributed by atoms with Gasteiger partial charge in [-0.15, -0.1) is 11.3 Å². The van der Waals surface area contributed by atoms with Crippen LogP contribution in [0.15, 0.2) is 60.7 Å². The quantitative estimate of drug-likeness (QED) is 0.333. The summed E-state index contributed by atoms with van der Waals surface area (Å²) in [5.74, 6) is 1.12. The second-order valence-electron chi connectivity index (χ2n) is 8.14. The second-order valence-corrected chi connectivity index (χ2v) is 9.36. The summed E-state index contributed by atoms with van der Waals surface area (Å²) in [6.07, 6.45) is 0. The molecule has 0 aliphatic rings. The third kappa shape index (κ3) is 4.94. The summed E-state index contributed by atoms with van der Waals surface area (Å²) >= 11 is 1.56. The predicted molar refractivity (Wildman–Crippen MR) is 138 cm³/mol. The third-order valence-corrected chi connectivity index (χ3v) is 6.83. The molecule has 2 aromatic carbocycles. The van der Waals surface area contributed by atoms with Crippen LogP contribution in [0.5, 0.6) is 5.75 Å². The minimum Gasteiger partial charge on any atom is -0.496 e. The molecule has 0 radical (unpaired) electrons. The Labute approximate surface area is 204 Å². The fraction of sp³-hybridized carbons (Fsp3) is 0.222. The van der Waals surface area contributed by atoms with Gasteiger partial charge < -0.3 is 15.4 Å². The van der Waals surface area contributed by atoms with Crippen molar-refractivity contribution in [2.45, 2.75) is 33.7 Å². The van der Waals surface area contributed by atoms with E-state index in [9.17, 15) is 4.79 Å². The van der Waals surface area contributed by atoms with Crippen LogP contribution in [-0.2, 0) is 0 Å². The molecule has 2 heterocycles. The van der Waals surface area contributed by atoms with E-state index in [2.05, 4.69) is 34.4 Å². The standard InChI is InChI=1S/C27H28N4O2S/c1-16-15-17(2)29-27(28-16)30-24(21-13-9-10-14-22(21)33-5)23-18(3)19(4)34-26(23)31-25(32)20-11-7-6-8-12-20/h6-15,24H,1-5H3,(H,31,32)(H,28,29,30). The van der Waals surface area contributed by atoms with E-state index in [4.69, 9.17) is 4.74 Å². The highest BCUT2D eigenvalue weighted by atomic mass is 32.1. The Morgan fingerprint density at radius 1 is 0.941 bits per heavy atom. The molecule has 0 saturated carbocycles. The van der Waals surface area contributed by atoms with Crippen LogP contribution < -0.4 is 15.4 Å². The number of rotatable bonds is 7. The monoisotopic (exact) mass is 472 g/mol. The number of hydrogen-bond donors (Lipinski definition) is 2. The van der Waals surface area contributed by atoms with Crippen LogP contribution in [0.25, 0.3) is 0 Å². The van der Waals surface area contributed by atoms with Gasteiger partial charge in [-0.2, -0.15) is 0 Å². The van der Waals surface area contributed by atoms with Crippen LogP contribution in [0.3, 0.4) is 0 Å². The number of carbonyl (C=O) groups is 1. The van der Waals surface area contributed by atoms with Crippen molar-refractivity contribution in [2.75, 3.05) is 17.7 Å². The van der Waals surface area contributed by atoms with E-state index < -0.39 is 0 Å². The number of benzene rings is 2. The van der Waals surface area contributed by atoms with Crippen LogP contribution in [0, 0.1) is 27.7 Å². The molecule has 34 heavy (non-hydrogen) atoms. The molecule has 6 nitrogen and oxygen atoms in total. The Bertz CT molecular complexity index is 1300. The van der Waals surface area contributed by atoms with Crippen LogP contribution in [0.1, 0.15) is 49.4 Å². The Morgan fingerprint density at radius 2 is 1.59 bits per heavy atom. The molecule has 0 bridgehead atoms. The topological polar surface area (TPSA) is 76.1 Å². The molecule has 4 aromatic rings. The molecule has 1 atom stereocenters. The van der Waals surface area contributed by atoms with E-state index in [-0.39, 0.29) is 11.9 Å². The second kappa shape index (κ2) is 10.1. The van der Waals surface area contributed by atoms with Gasteiger partial charge in [-0.05, 0) is 57.5 Å². The van der Waals surface area contributed by atoms with Gasteiger partial charge in [-0.3, -0.25) is 4.79 Å². The van der Waals surface area contributed by atoms with Gasteiger partial charge in [0.25, 0.3) is 5.91 Å². The fourth-order valence-electron chi connectivity index (χ4n) is 3.98. The summed E-state index contributed by atoms with van der Waals surface area (Å²) < 4.78 is 5.71. The number of para-hydroxylation sites is 1. The van der Waals surface area contributed by atoms with Gasteiger partial charge in [0.2, 0.25) is 5.95 Å². The van der Waals surface area contributed by atoms with Gasteiger partial charge in [0.1, 0.15) is 10.8 Å². The van der Waals surface area contributed by atoms with E-state index in [1.807, 2.05) is 74.5 Å². The first-order valence-electron chi connectivity index (χ1n) is 11.1. The Balaban J connectivity index is 1.83. The van der Waals surface area contributed by atoms with Crippen LogP contribution >= 0.6 is 11.3 Å². The molecular formula is C27H28N4O2S. The van der Waals surface area contributed by atoms with Crippen molar-refractivity contribution in [1.82, 2.24) is 9.97 Å². The smallest absolute Gasteiger partial charge is 0.256 e. The summed E-state index contributed by atoms with van der Waals surface area (Å²) in [5.41, 5.74) is 5.37. The normalized spacial score (nSPS) is 11.7. The average Bonchev–Trinajstić information content (AvgIpc) is 3.10. The highest BCUT2D eigenvalue weighted by molar-refractivity contribution is 7.16. The number of nitrogens with zero attached hydrogens (tertiary/aromatic N) is 2. The average molecular weight is 473 g/mol. The Hall–Kier alpha value is -3.71. The van der Waals surface area contributed by atoms with Crippen molar-refractivity contribution in [3.63, 3.8) is 0 Å². The number of nitrogens with one attached hydrogen (secondary N) is 2. The number of carbonyl (C=O) groups excluding carboxylic acids is 1. The van der Waals surface area contributed by atoms with Gasteiger partial charge in [0, 0.05) is 33.0 Å². The molecule has 2 aromatic heterocycles. The molecule has 0 spiro atoms. The fourth-order valence-corrected chi connectivity index (χ4v) is 5.07. The maximum absolute atomic E-state index is 13.0. The lowest BCUT2D eigenvalue weighted by Crippen LogP contribution is -2.19. The number of anilines is 2. The summed E-state index contributed by atoms with van der Waals surface area (Å²) in [6, 6.07) is 18.7. The van der Waals surface area contributed by atoms with Crippen molar-refractivity contribution in [3.05, 3.63) is 99.2 Å². The molecule has 7 heteroatoms. The van der Waals surface area contributed by atoms with Crippen molar-refractivity contribution in [1.29, 1.82) is 0 Å². The molecule has 4 rings (SSSR count). The van der Waals surface area contributed by atoms with Crippen LogP contribution in [0.2, 0.25) is 0 Å². The number of amides is 1. The van der Waals surface area contributed by atoms with E-state index in [1.165, 1.54) is 0 Å². The number of hydrogen-bond acceptors (Lipinski definition) is 6. The zero-order valence-electron chi connectivity index (χ0n) is 20.0. The summed E-state index contributed by atoms with van der Waals surface area (Å²) in [5, 5.41) is 7.46. The number of thiophene rings is 1. The zero-order valence-corrected chi connectivity index (χ0v) is 20.8. The molecule has 0 aliphatic carbocycles. The Morgan fingerprint density at radius 3 is 2.26 bits per heavy atom. The van der Waals surface area contributed by atoms with Gasteiger partial charge in [-0.1, -0.05) is 36.4 Å². The molecule has 174 valence electrons. The molecule has 0 fully saturated rings. The van der Waals surface area contributed by atoms with Crippen LogP contribution in [-0.4, -0.2) is 23.0 Å². The minimum atomic E-state index is -0.339. The lowest BCUT2D eigenvalue weighted by atomic mass is 9.95. The van der Waals surface area contributed by atoms with E-state index >= 15 is 0 Å². The number of aryl methyl sites for hydroxylation is 3. The van der Waals surface area contributed by atoms with Crippen molar-refractivity contribution < 1.29 is 9.53 Å². The summed E-state index contributed by atoms with van der Waals surface area (Å²) in [6.45, 7) is 8.03. The summed E-state index contributed by atoms with van der Waals surface area (Å²) in [7, 11) is 1.66. The molecule has 0 aliphatic heterocycles. The summed E-state index contributed by atoms with van der Waals surface area (Å²) in [4.78, 5) is 23.4. The van der Waals surface area contributed by atoms with E-state index in [1.54, 1.807) is 18.4 Å². The Kier molecular flexibility index (Phi) is 6.93. The third-order valence-electron chi connectivity index (χ3n) is 5.69. The number of methoxy groups -OCH3 is 1. The lowest BCUT2D eigenvalue weighted by Gasteiger charge is -2.24. The first kappa shape index (κ1) is 23.4.